The van der Waals surface area contributed by atoms with Crippen molar-refractivity contribution < 1.29 is 9.47 Å². The minimum absolute atomic E-state index is 0.731. The molecular weight excluding hydrogens is 384 g/mol. The second kappa shape index (κ2) is 8.94. The van der Waals surface area contributed by atoms with Gasteiger partial charge in [0.05, 0.1) is 17.6 Å². The van der Waals surface area contributed by atoms with E-state index in [0.29, 0.717) is 0 Å². The van der Waals surface area contributed by atoms with Crippen molar-refractivity contribution in [2.75, 3.05) is 19.8 Å². The standard InChI is InChI=1S/C27H28N2O2/c1-19-28-26-10-9-24(18-27(26)29-19)22-7-5-21(6-8-22)23-3-2-4-25(17-23)31-16-13-20-11-14-30-15-12-20/h2-10,17-18,20H,11-16H2,1H3,(H,28,29). The van der Waals surface area contributed by atoms with Gasteiger partial charge in [0.1, 0.15) is 11.6 Å². The summed E-state index contributed by atoms with van der Waals surface area (Å²) in [4.78, 5) is 7.80. The second-order valence-corrected chi connectivity index (χ2v) is 8.35. The molecule has 0 saturated carbocycles. The molecule has 1 N–H and O–H groups in total. The van der Waals surface area contributed by atoms with Crippen molar-refractivity contribution in [3.05, 3.63) is 72.6 Å². The van der Waals surface area contributed by atoms with Crippen LogP contribution < -0.4 is 4.74 Å². The molecule has 3 aromatic carbocycles. The molecule has 4 aromatic rings. The Bertz CT molecular complexity index is 1160. The van der Waals surface area contributed by atoms with Crippen molar-refractivity contribution in [3.63, 3.8) is 0 Å². The molecule has 0 spiro atoms. The number of H-pyrrole nitrogens is 1. The first-order valence-corrected chi connectivity index (χ1v) is 11.1. The molecule has 4 heteroatoms. The SMILES string of the molecule is Cc1nc2ccc(-c3ccc(-c4cccc(OCCC5CCOCC5)c4)cc3)cc2[nH]1. The Morgan fingerprint density at radius 3 is 2.39 bits per heavy atom. The number of fused-ring (bicyclic) bond motifs is 1. The highest BCUT2D eigenvalue weighted by Crippen LogP contribution is 2.29. The third-order valence-corrected chi connectivity index (χ3v) is 6.12. The van der Waals surface area contributed by atoms with Crippen LogP contribution in [0.15, 0.2) is 66.7 Å². The van der Waals surface area contributed by atoms with Gasteiger partial charge in [-0.2, -0.15) is 0 Å². The molecule has 1 aliphatic heterocycles. The molecule has 2 heterocycles. The van der Waals surface area contributed by atoms with Crippen molar-refractivity contribution in [2.24, 2.45) is 5.92 Å². The minimum atomic E-state index is 0.731. The number of nitrogens with one attached hydrogen (secondary N) is 1. The average Bonchev–Trinajstić information content (AvgIpc) is 3.19. The lowest BCUT2D eigenvalue weighted by atomic mass is 9.97. The van der Waals surface area contributed by atoms with Crippen LogP contribution in [-0.4, -0.2) is 29.8 Å². The van der Waals surface area contributed by atoms with Crippen LogP contribution >= 0.6 is 0 Å². The Morgan fingerprint density at radius 1 is 0.903 bits per heavy atom. The zero-order valence-corrected chi connectivity index (χ0v) is 17.9. The molecule has 0 aliphatic carbocycles. The van der Waals surface area contributed by atoms with E-state index >= 15 is 0 Å². The van der Waals surface area contributed by atoms with E-state index in [1.54, 1.807) is 0 Å². The van der Waals surface area contributed by atoms with E-state index in [1.807, 2.05) is 13.0 Å². The van der Waals surface area contributed by atoms with Crippen molar-refractivity contribution >= 4 is 11.0 Å². The fourth-order valence-corrected chi connectivity index (χ4v) is 4.32. The number of aromatic amines is 1. The average molecular weight is 413 g/mol. The molecule has 0 amide bonds. The summed E-state index contributed by atoms with van der Waals surface area (Å²) in [6, 6.07) is 23.5. The molecule has 0 radical (unpaired) electrons. The lowest BCUT2D eigenvalue weighted by Gasteiger charge is -2.21. The van der Waals surface area contributed by atoms with Gasteiger partial charge in [0.15, 0.2) is 0 Å². The van der Waals surface area contributed by atoms with E-state index in [0.717, 1.165) is 67.6 Å². The van der Waals surface area contributed by atoms with Crippen LogP contribution in [0.1, 0.15) is 25.1 Å². The topological polar surface area (TPSA) is 47.1 Å². The minimum Gasteiger partial charge on any atom is -0.494 e. The second-order valence-electron chi connectivity index (χ2n) is 8.35. The van der Waals surface area contributed by atoms with Crippen LogP contribution in [-0.2, 0) is 4.74 Å². The lowest BCUT2D eigenvalue weighted by molar-refractivity contribution is 0.0593. The van der Waals surface area contributed by atoms with Crippen LogP contribution in [0.5, 0.6) is 5.75 Å². The van der Waals surface area contributed by atoms with E-state index in [2.05, 4.69) is 70.6 Å². The van der Waals surface area contributed by atoms with Gasteiger partial charge < -0.3 is 14.5 Å². The lowest BCUT2D eigenvalue weighted by Crippen LogP contribution is -2.17. The highest BCUT2D eigenvalue weighted by Gasteiger charge is 2.13. The highest BCUT2D eigenvalue weighted by molar-refractivity contribution is 5.82. The Hall–Kier alpha value is -3.11. The Morgan fingerprint density at radius 2 is 1.61 bits per heavy atom. The van der Waals surface area contributed by atoms with Gasteiger partial charge in [0.25, 0.3) is 0 Å². The van der Waals surface area contributed by atoms with Crippen LogP contribution in [0.2, 0.25) is 0 Å². The predicted molar refractivity (Wildman–Crippen MR) is 125 cm³/mol. The third-order valence-electron chi connectivity index (χ3n) is 6.12. The van der Waals surface area contributed by atoms with Gasteiger partial charge in [-0.15, -0.1) is 0 Å². The van der Waals surface area contributed by atoms with E-state index < -0.39 is 0 Å². The number of nitrogens with zero attached hydrogens (tertiary/aromatic N) is 1. The number of benzene rings is 3. The molecule has 1 aromatic heterocycles. The zero-order valence-electron chi connectivity index (χ0n) is 17.9. The van der Waals surface area contributed by atoms with E-state index in [-0.39, 0.29) is 0 Å². The quantitative estimate of drug-likeness (QED) is 0.398. The van der Waals surface area contributed by atoms with Gasteiger partial charge in [-0.1, -0.05) is 42.5 Å². The molecule has 0 atom stereocenters. The summed E-state index contributed by atoms with van der Waals surface area (Å²) in [5.41, 5.74) is 6.83. The van der Waals surface area contributed by atoms with E-state index in [4.69, 9.17) is 9.47 Å². The maximum Gasteiger partial charge on any atom is 0.119 e. The number of rotatable bonds is 6. The molecule has 1 aliphatic rings. The van der Waals surface area contributed by atoms with Gasteiger partial charge in [0.2, 0.25) is 0 Å². The van der Waals surface area contributed by atoms with Gasteiger partial charge in [-0.25, -0.2) is 4.98 Å². The maximum absolute atomic E-state index is 6.06. The number of hydrogen-bond donors (Lipinski definition) is 1. The number of imidazole rings is 1. The number of aromatic nitrogens is 2. The van der Waals surface area contributed by atoms with E-state index in [9.17, 15) is 0 Å². The molecule has 4 nitrogen and oxygen atoms in total. The number of aryl methyl sites for hydroxylation is 1. The van der Waals surface area contributed by atoms with Crippen molar-refractivity contribution in [1.29, 1.82) is 0 Å². The maximum atomic E-state index is 6.06. The van der Waals surface area contributed by atoms with E-state index in [1.165, 1.54) is 22.3 Å². The van der Waals surface area contributed by atoms with Crippen molar-refractivity contribution in [2.45, 2.75) is 26.2 Å². The van der Waals surface area contributed by atoms with Gasteiger partial charge in [0, 0.05) is 13.2 Å². The van der Waals surface area contributed by atoms with Gasteiger partial charge in [-0.3, -0.25) is 0 Å². The molecule has 0 unspecified atom stereocenters. The highest BCUT2D eigenvalue weighted by atomic mass is 16.5. The van der Waals surface area contributed by atoms with Crippen molar-refractivity contribution in [3.8, 4) is 28.0 Å². The molecule has 5 rings (SSSR count). The van der Waals surface area contributed by atoms with Crippen molar-refractivity contribution in [1.82, 2.24) is 9.97 Å². The summed E-state index contributed by atoms with van der Waals surface area (Å²) in [5, 5.41) is 0. The summed E-state index contributed by atoms with van der Waals surface area (Å²) in [7, 11) is 0. The van der Waals surface area contributed by atoms with Crippen LogP contribution in [0.25, 0.3) is 33.3 Å². The summed E-state index contributed by atoms with van der Waals surface area (Å²) < 4.78 is 11.5. The van der Waals surface area contributed by atoms with Crippen LogP contribution in [0.4, 0.5) is 0 Å². The first kappa shape index (κ1) is 19.8. The summed E-state index contributed by atoms with van der Waals surface area (Å²) in [5.74, 6) is 2.61. The smallest absolute Gasteiger partial charge is 0.119 e. The Kier molecular flexibility index (Phi) is 5.72. The molecule has 31 heavy (non-hydrogen) atoms. The molecule has 0 bridgehead atoms. The monoisotopic (exact) mass is 412 g/mol. The van der Waals surface area contributed by atoms with Gasteiger partial charge in [-0.05, 0) is 78.6 Å². The normalized spacial score (nSPS) is 14.7. The predicted octanol–water partition coefficient (Wildman–Crippen LogP) is 6.40. The van der Waals surface area contributed by atoms with Crippen LogP contribution in [0, 0.1) is 12.8 Å². The largest absolute Gasteiger partial charge is 0.494 e. The molecule has 1 fully saturated rings. The molecular formula is C27H28N2O2. The summed E-state index contributed by atoms with van der Waals surface area (Å²) in [6.45, 7) is 4.54. The first-order valence-electron chi connectivity index (χ1n) is 11.1. The first-order chi connectivity index (χ1) is 15.2. The Labute approximate surface area is 183 Å². The number of ether oxygens (including phenoxy) is 2. The fourth-order valence-electron chi connectivity index (χ4n) is 4.32. The molecule has 1 saturated heterocycles. The zero-order chi connectivity index (χ0) is 21.0. The fraction of sp³-hybridized carbons (Fsp3) is 0.296. The number of hydrogen-bond acceptors (Lipinski definition) is 3. The van der Waals surface area contributed by atoms with Crippen LogP contribution in [0.3, 0.4) is 0 Å². The summed E-state index contributed by atoms with van der Waals surface area (Å²) in [6.07, 6.45) is 3.41. The Balaban J connectivity index is 1.27. The summed E-state index contributed by atoms with van der Waals surface area (Å²) >= 11 is 0. The molecule has 158 valence electrons. The third kappa shape index (κ3) is 4.64. The van der Waals surface area contributed by atoms with Gasteiger partial charge >= 0.3 is 0 Å².